The first-order valence-corrected chi connectivity index (χ1v) is 4.85. The van der Waals surface area contributed by atoms with E-state index in [1.165, 1.54) is 11.1 Å². The Balaban J connectivity index is 2.25. The van der Waals surface area contributed by atoms with Crippen LogP contribution in [0.5, 0.6) is 0 Å². The Bertz CT molecular complexity index is 371. The molecular weight excluding hydrogens is 172 g/mol. The molecule has 1 aliphatic carbocycles. The molecule has 1 aromatic carbocycles. The second-order valence-electron chi connectivity index (χ2n) is 3.92. The summed E-state index contributed by atoms with van der Waals surface area (Å²) in [6.45, 7) is 1.82. The molecule has 1 N–H and O–H groups in total. The third kappa shape index (κ3) is 1.94. The minimum absolute atomic E-state index is 0.668. The maximum Gasteiger partial charge on any atom is 0.0837 e. The van der Waals surface area contributed by atoms with Crippen LogP contribution in [0.4, 0.5) is 0 Å². The van der Waals surface area contributed by atoms with E-state index in [-0.39, 0.29) is 0 Å². The van der Waals surface area contributed by atoms with Crippen molar-refractivity contribution in [1.29, 1.82) is 0 Å². The average molecular weight is 186 g/mol. The van der Waals surface area contributed by atoms with E-state index in [1.54, 1.807) is 0 Å². The van der Waals surface area contributed by atoms with Gasteiger partial charge in [-0.25, -0.2) is 0 Å². The summed E-state index contributed by atoms with van der Waals surface area (Å²) in [6, 6.07) is 10.2. The Morgan fingerprint density at radius 1 is 1.21 bits per heavy atom. The Morgan fingerprint density at radius 2 is 1.93 bits per heavy atom. The van der Waals surface area contributed by atoms with Crippen LogP contribution in [0.2, 0.25) is 0 Å². The summed E-state index contributed by atoms with van der Waals surface area (Å²) in [7, 11) is 0. The molecule has 0 saturated carbocycles. The van der Waals surface area contributed by atoms with Crippen LogP contribution in [-0.4, -0.2) is 10.7 Å². The summed E-state index contributed by atoms with van der Waals surface area (Å²) >= 11 is 0. The standard InChI is InChI=1S/C13H14O/c1-13(14)9-7-12(8-10-13)11-5-3-2-4-6-11/h2-9,14H,10H2,1H3. The van der Waals surface area contributed by atoms with Gasteiger partial charge in [-0.05, 0) is 24.5 Å². The van der Waals surface area contributed by atoms with Crippen LogP contribution in [0, 0.1) is 0 Å². The van der Waals surface area contributed by atoms with Crippen molar-refractivity contribution < 1.29 is 5.11 Å². The van der Waals surface area contributed by atoms with E-state index in [1.807, 2.05) is 37.3 Å². The molecule has 0 saturated heterocycles. The van der Waals surface area contributed by atoms with Crippen molar-refractivity contribution in [2.75, 3.05) is 0 Å². The highest BCUT2D eigenvalue weighted by Gasteiger charge is 2.18. The van der Waals surface area contributed by atoms with Gasteiger partial charge in [-0.2, -0.15) is 0 Å². The zero-order chi connectivity index (χ0) is 10.0. The molecule has 2 rings (SSSR count). The normalized spacial score (nSPS) is 26.0. The smallest absolute Gasteiger partial charge is 0.0837 e. The van der Waals surface area contributed by atoms with Crippen LogP contribution in [0.3, 0.4) is 0 Å². The summed E-state index contributed by atoms with van der Waals surface area (Å²) in [6.07, 6.45) is 6.61. The summed E-state index contributed by atoms with van der Waals surface area (Å²) in [5.74, 6) is 0. The highest BCUT2D eigenvalue weighted by atomic mass is 16.3. The van der Waals surface area contributed by atoms with Crippen LogP contribution in [0.1, 0.15) is 18.9 Å². The molecule has 0 heterocycles. The van der Waals surface area contributed by atoms with Gasteiger partial charge in [0.25, 0.3) is 0 Å². The Morgan fingerprint density at radius 3 is 2.50 bits per heavy atom. The third-order valence-electron chi connectivity index (χ3n) is 2.46. The molecule has 1 nitrogen and oxygen atoms in total. The molecule has 0 spiro atoms. The van der Waals surface area contributed by atoms with Gasteiger partial charge in [0.1, 0.15) is 0 Å². The monoisotopic (exact) mass is 186 g/mol. The van der Waals surface area contributed by atoms with Gasteiger partial charge in [0, 0.05) is 0 Å². The fraction of sp³-hybridized carbons (Fsp3) is 0.231. The lowest BCUT2D eigenvalue weighted by molar-refractivity contribution is 0.114. The van der Waals surface area contributed by atoms with Crippen molar-refractivity contribution in [3.8, 4) is 0 Å². The van der Waals surface area contributed by atoms with Crippen LogP contribution in [0.25, 0.3) is 5.57 Å². The van der Waals surface area contributed by atoms with E-state index in [0.717, 1.165) is 0 Å². The van der Waals surface area contributed by atoms with Gasteiger partial charge in [-0.1, -0.05) is 48.6 Å². The fourth-order valence-corrected chi connectivity index (χ4v) is 1.57. The maximum atomic E-state index is 9.71. The van der Waals surface area contributed by atoms with E-state index in [0.29, 0.717) is 6.42 Å². The van der Waals surface area contributed by atoms with Gasteiger partial charge < -0.3 is 5.11 Å². The molecule has 1 aliphatic rings. The first-order chi connectivity index (χ1) is 6.67. The second-order valence-corrected chi connectivity index (χ2v) is 3.92. The maximum absolute atomic E-state index is 9.71. The largest absolute Gasteiger partial charge is 0.386 e. The zero-order valence-corrected chi connectivity index (χ0v) is 8.27. The average Bonchev–Trinajstić information content (AvgIpc) is 2.19. The molecular formula is C13H14O. The van der Waals surface area contributed by atoms with Gasteiger partial charge in [0.15, 0.2) is 0 Å². The number of benzene rings is 1. The molecule has 1 atom stereocenters. The number of rotatable bonds is 1. The SMILES string of the molecule is CC1(O)C=CC(c2ccccc2)=CC1. The molecule has 0 bridgehead atoms. The molecule has 0 radical (unpaired) electrons. The van der Waals surface area contributed by atoms with Crippen molar-refractivity contribution in [2.24, 2.45) is 0 Å². The Hall–Kier alpha value is -1.34. The van der Waals surface area contributed by atoms with E-state index in [4.69, 9.17) is 0 Å². The second kappa shape index (κ2) is 3.43. The van der Waals surface area contributed by atoms with Crippen molar-refractivity contribution >= 4 is 5.57 Å². The third-order valence-corrected chi connectivity index (χ3v) is 2.46. The van der Waals surface area contributed by atoms with E-state index < -0.39 is 5.60 Å². The predicted molar refractivity (Wildman–Crippen MR) is 58.8 cm³/mol. The number of hydrogen-bond acceptors (Lipinski definition) is 1. The number of hydrogen-bond donors (Lipinski definition) is 1. The molecule has 72 valence electrons. The Kier molecular flexibility index (Phi) is 2.26. The fourth-order valence-electron chi connectivity index (χ4n) is 1.57. The van der Waals surface area contributed by atoms with E-state index >= 15 is 0 Å². The van der Waals surface area contributed by atoms with Crippen molar-refractivity contribution in [3.05, 3.63) is 54.1 Å². The first kappa shape index (κ1) is 9.22. The van der Waals surface area contributed by atoms with Gasteiger partial charge in [0.05, 0.1) is 5.60 Å². The van der Waals surface area contributed by atoms with Crippen LogP contribution in [0.15, 0.2) is 48.6 Å². The van der Waals surface area contributed by atoms with Gasteiger partial charge in [-0.15, -0.1) is 0 Å². The molecule has 0 fully saturated rings. The minimum atomic E-state index is -0.668. The minimum Gasteiger partial charge on any atom is -0.386 e. The molecule has 0 amide bonds. The number of aliphatic hydroxyl groups is 1. The topological polar surface area (TPSA) is 20.2 Å². The molecule has 1 heteroatoms. The number of allylic oxidation sites excluding steroid dienone is 2. The molecule has 1 aromatic rings. The summed E-state index contributed by atoms with van der Waals surface area (Å²) < 4.78 is 0. The predicted octanol–water partition coefficient (Wildman–Crippen LogP) is 2.78. The van der Waals surface area contributed by atoms with Crippen molar-refractivity contribution in [1.82, 2.24) is 0 Å². The van der Waals surface area contributed by atoms with Gasteiger partial charge in [-0.3, -0.25) is 0 Å². The van der Waals surface area contributed by atoms with Crippen molar-refractivity contribution in [3.63, 3.8) is 0 Å². The van der Waals surface area contributed by atoms with E-state index in [9.17, 15) is 5.11 Å². The lowest BCUT2D eigenvalue weighted by Crippen LogP contribution is -2.21. The lowest BCUT2D eigenvalue weighted by Gasteiger charge is -2.21. The first-order valence-electron chi connectivity index (χ1n) is 4.85. The summed E-state index contributed by atoms with van der Waals surface area (Å²) in [5.41, 5.74) is 1.73. The van der Waals surface area contributed by atoms with E-state index in [2.05, 4.69) is 18.2 Å². The molecule has 14 heavy (non-hydrogen) atoms. The summed E-state index contributed by atoms with van der Waals surface area (Å²) in [5, 5.41) is 9.71. The van der Waals surface area contributed by atoms with Crippen LogP contribution in [-0.2, 0) is 0 Å². The quantitative estimate of drug-likeness (QED) is 0.715. The molecule has 0 aromatic heterocycles. The Labute approximate surface area is 84.4 Å². The van der Waals surface area contributed by atoms with Crippen LogP contribution < -0.4 is 0 Å². The van der Waals surface area contributed by atoms with Gasteiger partial charge >= 0.3 is 0 Å². The summed E-state index contributed by atoms with van der Waals surface area (Å²) in [4.78, 5) is 0. The lowest BCUT2D eigenvalue weighted by atomic mass is 9.91. The highest BCUT2D eigenvalue weighted by molar-refractivity contribution is 5.75. The van der Waals surface area contributed by atoms with Gasteiger partial charge in [0.2, 0.25) is 0 Å². The molecule has 1 unspecified atom stereocenters. The van der Waals surface area contributed by atoms with Crippen molar-refractivity contribution in [2.45, 2.75) is 18.9 Å². The zero-order valence-electron chi connectivity index (χ0n) is 8.27. The molecule has 0 aliphatic heterocycles. The van der Waals surface area contributed by atoms with Crippen LogP contribution >= 0.6 is 0 Å². The highest BCUT2D eigenvalue weighted by Crippen LogP contribution is 2.25.